The van der Waals surface area contributed by atoms with Crippen LogP contribution in [0.5, 0.6) is 0 Å². The van der Waals surface area contributed by atoms with E-state index in [2.05, 4.69) is 11.4 Å². The lowest BCUT2D eigenvalue weighted by molar-refractivity contribution is 0.727. The summed E-state index contributed by atoms with van der Waals surface area (Å²) in [5, 5.41) is 12.7. The molecule has 0 bridgehead atoms. The topological polar surface area (TPSA) is 35.8 Å². The van der Waals surface area contributed by atoms with Gasteiger partial charge < -0.3 is 5.32 Å². The van der Waals surface area contributed by atoms with Gasteiger partial charge in [-0.3, -0.25) is 0 Å². The average Bonchev–Trinajstić information content (AvgIpc) is 2.10. The van der Waals surface area contributed by atoms with E-state index in [4.69, 9.17) is 28.5 Å². The molecule has 0 amide bonds. The molecule has 0 aromatic heterocycles. The molecule has 13 heavy (non-hydrogen) atoms. The van der Waals surface area contributed by atoms with E-state index in [9.17, 15) is 0 Å². The van der Waals surface area contributed by atoms with Crippen molar-refractivity contribution in [1.82, 2.24) is 5.32 Å². The highest BCUT2D eigenvalue weighted by Crippen LogP contribution is 2.25. The third-order valence-corrected chi connectivity index (χ3v) is 2.25. The Labute approximate surface area is 87.1 Å². The minimum absolute atomic E-state index is 0.384. The van der Waals surface area contributed by atoms with E-state index >= 15 is 0 Å². The molecule has 2 nitrogen and oxygen atoms in total. The van der Waals surface area contributed by atoms with Crippen LogP contribution in [-0.2, 0) is 0 Å². The van der Waals surface area contributed by atoms with E-state index < -0.39 is 0 Å². The fourth-order valence-electron chi connectivity index (χ4n) is 1.03. The molecule has 1 N–H and O–H groups in total. The fourth-order valence-corrected chi connectivity index (χ4v) is 1.54. The Morgan fingerprint density at radius 1 is 1.46 bits per heavy atom. The highest BCUT2D eigenvalue weighted by Gasteiger charge is 2.11. The molecular weight excluding hydrogens is 207 g/mol. The number of hydrogen-bond acceptors (Lipinski definition) is 2. The number of benzene rings is 1. The third kappa shape index (κ3) is 2.35. The molecule has 0 aliphatic rings. The zero-order valence-corrected chi connectivity index (χ0v) is 8.52. The first kappa shape index (κ1) is 10.3. The summed E-state index contributed by atoms with van der Waals surface area (Å²) in [6, 6.07) is 6.79. The Bertz CT molecular complexity index is 344. The second-order valence-corrected chi connectivity index (χ2v) is 3.36. The normalized spacial score (nSPS) is 12.2. The van der Waals surface area contributed by atoms with Crippen molar-refractivity contribution >= 4 is 23.2 Å². The number of nitriles is 1. The lowest BCUT2D eigenvalue weighted by atomic mass is 10.1. The van der Waals surface area contributed by atoms with Crippen molar-refractivity contribution in [2.24, 2.45) is 0 Å². The Hall–Kier alpha value is -0.750. The highest BCUT2D eigenvalue weighted by atomic mass is 35.5. The van der Waals surface area contributed by atoms with Crippen LogP contribution in [0.3, 0.4) is 0 Å². The Morgan fingerprint density at radius 2 is 2.15 bits per heavy atom. The Balaban J connectivity index is 3.09. The van der Waals surface area contributed by atoms with Gasteiger partial charge in [0, 0.05) is 15.6 Å². The van der Waals surface area contributed by atoms with Crippen molar-refractivity contribution in [2.45, 2.75) is 6.04 Å². The minimum Gasteiger partial charge on any atom is -0.301 e. The van der Waals surface area contributed by atoms with Gasteiger partial charge in [0.25, 0.3) is 0 Å². The van der Waals surface area contributed by atoms with Gasteiger partial charge in [-0.2, -0.15) is 5.26 Å². The molecule has 0 saturated heterocycles. The van der Waals surface area contributed by atoms with Crippen molar-refractivity contribution in [3.05, 3.63) is 33.8 Å². The van der Waals surface area contributed by atoms with E-state index in [1.807, 2.05) is 0 Å². The summed E-state index contributed by atoms with van der Waals surface area (Å²) >= 11 is 11.6. The van der Waals surface area contributed by atoms with Gasteiger partial charge in [-0.1, -0.05) is 29.3 Å². The molecule has 1 atom stereocenters. The van der Waals surface area contributed by atoms with Gasteiger partial charge in [0.05, 0.1) is 6.07 Å². The van der Waals surface area contributed by atoms with Gasteiger partial charge in [0.2, 0.25) is 0 Å². The molecule has 0 saturated carbocycles. The maximum atomic E-state index is 8.77. The standard InChI is InChI=1S/C9H8Cl2N2/c1-13-9(5-12)7-3-2-6(10)4-8(7)11/h2-4,9,13H,1H3. The van der Waals surface area contributed by atoms with Crippen LogP contribution >= 0.6 is 23.2 Å². The molecule has 0 spiro atoms. The molecule has 0 aliphatic heterocycles. The summed E-state index contributed by atoms with van der Waals surface area (Å²) in [7, 11) is 1.71. The molecule has 0 aliphatic carbocycles. The molecule has 68 valence electrons. The van der Waals surface area contributed by atoms with Crippen molar-refractivity contribution in [2.75, 3.05) is 7.05 Å². The maximum Gasteiger partial charge on any atom is 0.122 e. The summed E-state index contributed by atoms with van der Waals surface area (Å²) in [5.74, 6) is 0. The van der Waals surface area contributed by atoms with Crippen LogP contribution < -0.4 is 5.32 Å². The molecule has 0 fully saturated rings. The van der Waals surface area contributed by atoms with Crippen LogP contribution in [0, 0.1) is 11.3 Å². The van der Waals surface area contributed by atoms with E-state index in [1.165, 1.54) is 0 Å². The van der Waals surface area contributed by atoms with Crippen molar-refractivity contribution in [3.8, 4) is 6.07 Å². The summed E-state index contributed by atoms with van der Waals surface area (Å²) < 4.78 is 0. The van der Waals surface area contributed by atoms with Gasteiger partial charge in [-0.15, -0.1) is 0 Å². The SMILES string of the molecule is CNC(C#N)c1ccc(Cl)cc1Cl. The largest absolute Gasteiger partial charge is 0.301 e. The predicted octanol–water partition coefficient (Wildman–Crippen LogP) is 2.78. The quantitative estimate of drug-likeness (QED) is 0.823. The Morgan fingerprint density at radius 3 is 2.62 bits per heavy atom. The van der Waals surface area contributed by atoms with Gasteiger partial charge in [-0.05, 0) is 19.2 Å². The molecule has 1 aromatic carbocycles. The van der Waals surface area contributed by atoms with Crippen LogP contribution in [0.1, 0.15) is 11.6 Å². The zero-order chi connectivity index (χ0) is 9.84. The maximum absolute atomic E-state index is 8.77. The van der Waals surface area contributed by atoms with E-state index in [-0.39, 0.29) is 6.04 Å². The van der Waals surface area contributed by atoms with Gasteiger partial charge in [0.1, 0.15) is 6.04 Å². The highest BCUT2D eigenvalue weighted by molar-refractivity contribution is 6.35. The van der Waals surface area contributed by atoms with Crippen LogP contribution in [0.25, 0.3) is 0 Å². The average molecular weight is 215 g/mol. The molecule has 1 unspecified atom stereocenters. The lowest BCUT2D eigenvalue weighted by Gasteiger charge is -2.09. The number of rotatable bonds is 2. The van der Waals surface area contributed by atoms with Gasteiger partial charge >= 0.3 is 0 Å². The first-order chi connectivity index (χ1) is 6.19. The van der Waals surface area contributed by atoms with Crippen LogP contribution in [0.4, 0.5) is 0 Å². The van der Waals surface area contributed by atoms with Crippen molar-refractivity contribution < 1.29 is 0 Å². The van der Waals surface area contributed by atoms with Crippen molar-refractivity contribution in [3.63, 3.8) is 0 Å². The van der Waals surface area contributed by atoms with Gasteiger partial charge in [0.15, 0.2) is 0 Å². The number of nitrogens with one attached hydrogen (secondary N) is 1. The van der Waals surface area contributed by atoms with E-state index in [1.54, 1.807) is 25.2 Å². The summed E-state index contributed by atoms with van der Waals surface area (Å²) in [6.45, 7) is 0. The molecule has 4 heteroatoms. The van der Waals surface area contributed by atoms with E-state index in [0.717, 1.165) is 5.56 Å². The van der Waals surface area contributed by atoms with Crippen LogP contribution in [0.2, 0.25) is 10.0 Å². The monoisotopic (exact) mass is 214 g/mol. The lowest BCUT2D eigenvalue weighted by Crippen LogP contribution is -2.14. The second-order valence-electron chi connectivity index (χ2n) is 2.52. The smallest absolute Gasteiger partial charge is 0.122 e. The summed E-state index contributed by atoms with van der Waals surface area (Å²) in [6.07, 6.45) is 0. The Kier molecular flexibility index (Phi) is 3.56. The minimum atomic E-state index is -0.384. The molecular formula is C9H8Cl2N2. The first-order valence-electron chi connectivity index (χ1n) is 3.71. The number of halogens is 2. The third-order valence-electron chi connectivity index (χ3n) is 1.69. The molecule has 0 radical (unpaired) electrons. The summed E-state index contributed by atoms with van der Waals surface area (Å²) in [5.41, 5.74) is 0.746. The predicted molar refractivity (Wildman–Crippen MR) is 53.9 cm³/mol. The second kappa shape index (κ2) is 4.48. The molecule has 1 rings (SSSR count). The molecule has 0 heterocycles. The fraction of sp³-hybridized carbons (Fsp3) is 0.222. The van der Waals surface area contributed by atoms with Crippen LogP contribution in [0.15, 0.2) is 18.2 Å². The van der Waals surface area contributed by atoms with Crippen LogP contribution in [-0.4, -0.2) is 7.05 Å². The molecule has 1 aromatic rings. The number of nitrogens with zero attached hydrogens (tertiary/aromatic N) is 1. The zero-order valence-electron chi connectivity index (χ0n) is 7.01. The van der Waals surface area contributed by atoms with E-state index in [0.29, 0.717) is 10.0 Å². The number of hydrogen-bond donors (Lipinski definition) is 1. The summed E-state index contributed by atoms with van der Waals surface area (Å²) in [4.78, 5) is 0. The first-order valence-corrected chi connectivity index (χ1v) is 4.46. The van der Waals surface area contributed by atoms with Gasteiger partial charge in [-0.25, -0.2) is 0 Å². The van der Waals surface area contributed by atoms with Crippen molar-refractivity contribution in [1.29, 1.82) is 5.26 Å².